The lowest BCUT2D eigenvalue weighted by molar-refractivity contribution is -0.114. The monoisotopic (exact) mass is 299 g/mol. The highest BCUT2D eigenvalue weighted by atomic mass is 16.2. The number of nitrogens with one attached hydrogen (secondary N) is 2. The lowest BCUT2D eigenvalue weighted by Crippen LogP contribution is -2.31. The molecule has 1 aromatic carbocycles. The van der Waals surface area contributed by atoms with Gasteiger partial charge in [0.25, 0.3) is 0 Å². The van der Waals surface area contributed by atoms with Crippen molar-refractivity contribution in [3.8, 4) is 11.3 Å². The van der Waals surface area contributed by atoms with Crippen molar-refractivity contribution in [3.05, 3.63) is 35.0 Å². The molecule has 0 atom stereocenters. The Hall–Kier alpha value is -2.83. The average Bonchev–Trinajstić information content (AvgIpc) is 2.99. The predicted octanol–water partition coefficient (Wildman–Crippen LogP) is 1.74. The number of aryl methyl sites for hydroxylation is 1. The number of fused-ring (bicyclic) bond motifs is 1. The van der Waals surface area contributed by atoms with Crippen molar-refractivity contribution in [1.82, 2.24) is 15.1 Å². The molecule has 0 saturated carbocycles. The summed E-state index contributed by atoms with van der Waals surface area (Å²) in [6.07, 6.45) is 0. The van der Waals surface area contributed by atoms with Crippen molar-refractivity contribution in [2.75, 3.05) is 5.32 Å². The standard InChI is InChI=1S/C15H17N5O2/c1-8-4-3-5-11(17-9(2)21)13(8)14-10-6-20(15(16)22)7-12(10)18-19-14/h3-5H,6-7H2,1-2H3,(H2,16,22)(H,17,21)(H,18,19). The SMILES string of the molecule is CC(=O)Nc1cccc(C)c1-c1[nH]nc2c1CN(C(N)=O)C2. The van der Waals surface area contributed by atoms with E-state index in [9.17, 15) is 9.59 Å². The highest BCUT2D eigenvalue weighted by Gasteiger charge is 2.28. The van der Waals surface area contributed by atoms with Crippen molar-refractivity contribution in [1.29, 1.82) is 0 Å². The zero-order chi connectivity index (χ0) is 15.9. The molecule has 7 nitrogen and oxygen atoms in total. The van der Waals surface area contributed by atoms with Crippen LogP contribution in [0.4, 0.5) is 10.5 Å². The van der Waals surface area contributed by atoms with Crippen LogP contribution >= 0.6 is 0 Å². The molecule has 0 unspecified atom stereocenters. The number of benzene rings is 1. The maximum atomic E-state index is 11.4. The molecule has 0 fully saturated rings. The van der Waals surface area contributed by atoms with Gasteiger partial charge in [0.05, 0.1) is 30.2 Å². The number of aromatic amines is 1. The minimum atomic E-state index is -0.462. The Morgan fingerprint density at radius 3 is 2.82 bits per heavy atom. The van der Waals surface area contributed by atoms with E-state index in [1.807, 2.05) is 25.1 Å². The van der Waals surface area contributed by atoms with Gasteiger partial charge in [0.2, 0.25) is 5.91 Å². The molecule has 1 aromatic heterocycles. The second kappa shape index (κ2) is 5.18. The quantitative estimate of drug-likeness (QED) is 0.786. The molecular weight excluding hydrogens is 282 g/mol. The van der Waals surface area contributed by atoms with Crippen molar-refractivity contribution in [2.45, 2.75) is 26.9 Å². The summed E-state index contributed by atoms with van der Waals surface area (Å²) in [4.78, 5) is 24.3. The van der Waals surface area contributed by atoms with Crippen molar-refractivity contribution in [3.63, 3.8) is 0 Å². The number of anilines is 1. The van der Waals surface area contributed by atoms with Crippen LogP contribution in [0.2, 0.25) is 0 Å². The summed E-state index contributed by atoms with van der Waals surface area (Å²) in [5.41, 5.74) is 10.5. The maximum Gasteiger partial charge on any atom is 0.315 e. The smallest absolute Gasteiger partial charge is 0.315 e. The Bertz CT molecular complexity index is 765. The molecule has 1 aliphatic heterocycles. The third-order valence-corrected chi connectivity index (χ3v) is 3.79. The molecule has 1 aliphatic rings. The molecule has 0 saturated heterocycles. The molecule has 3 amide bonds. The van der Waals surface area contributed by atoms with Crippen molar-refractivity contribution >= 4 is 17.6 Å². The van der Waals surface area contributed by atoms with E-state index in [2.05, 4.69) is 15.5 Å². The van der Waals surface area contributed by atoms with Gasteiger partial charge in [-0.15, -0.1) is 0 Å². The van der Waals surface area contributed by atoms with Crippen LogP contribution in [0.15, 0.2) is 18.2 Å². The highest BCUT2D eigenvalue weighted by Crippen LogP contribution is 2.36. The summed E-state index contributed by atoms with van der Waals surface area (Å²) in [6, 6.07) is 5.24. The second-order valence-electron chi connectivity index (χ2n) is 5.40. The molecule has 4 N–H and O–H groups in total. The van der Waals surface area contributed by atoms with Crippen LogP contribution in [-0.2, 0) is 17.9 Å². The molecule has 0 aliphatic carbocycles. The summed E-state index contributed by atoms with van der Waals surface area (Å²) in [6.45, 7) is 4.26. The number of urea groups is 1. The number of hydrogen-bond acceptors (Lipinski definition) is 3. The van der Waals surface area contributed by atoms with Crippen molar-refractivity contribution < 1.29 is 9.59 Å². The Morgan fingerprint density at radius 2 is 2.14 bits per heavy atom. The molecule has 7 heteroatoms. The maximum absolute atomic E-state index is 11.4. The van der Waals surface area contributed by atoms with Gasteiger partial charge in [0.1, 0.15) is 0 Å². The third-order valence-electron chi connectivity index (χ3n) is 3.79. The van der Waals surface area contributed by atoms with E-state index in [4.69, 9.17) is 5.73 Å². The number of nitrogens with two attached hydrogens (primary N) is 1. The van der Waals surface area contributed by atoms with E-state index in [0.29, 0.717) is 13.1 Å². The molecule has 114 valence electrons. The van der Waals surface area contributed by atoms with E-state index in [1.165, 1.54) is 11.8 Å². The number of rotatable bonds is 2. The average molecular weight is 299 g/mol. The molecule has 0 bridgehead atoms. The number of primary amides is 1. The number of H-pyrrole nitrogens is 1. The Balaban J connectivity index is 2.08. The number of amides is 3. The van der Waals surface area contributed by atoms with Crippen molar-refractivity contribution in [2.24, 2.45) is 5.73 Å². The molecule has 0 spiro atoms. The van der Waals surface area contributed by atoms with Gasteiger partial charge in [-0.1, -0.05) is 12.1 Å². The van der Waals surface area contributed by atoms with Crippen LogP contribution in [0, 0.1) is 6.92 Å². The first-order valence-corrected chi connectivity index (χ1v) is 6.95. The first-order chi connectivity index (χ1) is 10.5. The third kappa shape index (κ3) is 2.30. The fourth-order valence-corrected chi connectivity index (χ4v) is 2.79. The Kier molecular flexibility index (Phi) is 3.32. The Labute approximate surface area is 127 Å². The number of aromatic nitrogens is 2. The van der Waals surface area contributed by atoms with Crippen LogP contribution in [0.3, 0.4) is 0 Å². The van der Waals surface area contributed by atoms with E-state index in [0.717, 1.165) is 33.8 Å². The zero-order valence-electron chi connectivity index (χ0n) is 12.4. The first-order valence-electron chi connectivity index (χ1n) is 6.95. The van der Waals surface area contributed by atoms with Gasteiger partial charge in [-0.05, 0) is 18.6 Å². The van der Waals surface area contributed by atoms with Gasteiger partial charge in [0.15, 0.2) is 0 Å². The van der Waals surface area contributed by atoms with Crippen LogP contribution < -0.4 is 11.1 Å². The number of hydrogen-bond donors (Lipinski definition) is 3. The molecule has 2 aromatic rings. The van der Waals surface area contributed by atoms with Crippen LogP contribution in [-0.4, -0.2) is 27.0 Å². The summed E-state index contributed by atoms with van der Waals surface area (Å²) >= 11 is 0. The summed E-state index contributed by atoms with van der Waals surface area (Å²) < 4.78 is 0. The van der Waals surface area contributed by atoms with Crippen LogP contribution in [0.5, 0.6) is 0 Å². The number of carbonyl (C=O) groups is 2. The normalized spacial score (nSPS) is 13.1. The highest BCUT2D eigenvalue weighted by molar-refractivity contribution is 5.95. The van der Waals surface area contributed by atoms with Gasteiger partial charge in [-0.2, -0.15) is 5.10 Å². The van der Waals surface area contributed by atoms with Gasteiger partial charge in [-0.3, -0.25) is 9.89 Å². The van der Waals surface area contributed by atoms with E-state index in [1.54, 1.807) is 0 Å². The predicted molar refractivity (Wildman–Crippen MR) is 81.9 cm³/mol. The van der Waals surface area contributed by atoms with E-state index < -0.39 is 6.03 Å². The molecule has 2 heterocycles. The topological polar surface area (TPSA) is 104 Å². The van der Waals surface area contributed by atoms with Crippen LogP contribution in [0.1, 0.15) is 23.7 Å². The fourth-order valence-electron chi connectivity index (χ4n) is 2.79. The fraction of sp³-hybridized carbons (Fsp3) is 0.267. The zero-order valence-corrected chi connectivity index (χ0v) is 12.4. The summed E-state index contributed by atoms with van der Waals surface area (Å²) in [5, 5.41) is 10.1. The first kappa shape index (κ1) is 14.1. The summed E-state index contributed by atoms with van der Waals surface area (Å²) in [5.74, 6) is -0.137. The minimum absolute atomic E-state index is 0.137. The minimum Gasteiger partial charge on any atom is -0.351 e. The summed E-state index contributed by atoms with van der Waals surface area (Å²) in [7, 11) is 0. The lowest BCUT2D eigenvalue weighted by Gasteiger charge is -2.14. The van der Waals surface area contributed by atoms with Crippen LogP contribution in [0.25, 0.3) is 11.3 Å². The Morgan fingerprint density at radius 1 is 1.36 bits per heavy atom. The molecule has 3 rings (SSSR count). The van der Waals surface area contributed by atoms with Gasteiger partial charge in [-0.25, -0.2) is 4.79 Å². The van der Waals surface area contributed by atoms with E-state index in [-0.39, 0.29) is 5.91 Å². The van der Waals surface area contributed by atoms with Gasteiger partial charge >= 0.3 is 6.03 Å². The molecule has 22 heavy (non-hydrogen) atoms. The lowest BCUT2D eigenvalue weighted by atomic mass is 10.00. The van der Waals surface area contributed by atoms with Gasteiger partial charge < -0.3 is 16.0 Å². The number of carbonyl (C=O) groups excluding carboxylic acids is 2. The van der Waals surface area contributed by atoms with E-state index >= 15 is 0 Å². The van der Waals surface area contributed by atoms with Gasteiger partial charge in [0, 0.05) is 18.1 Å². The second-order valence-corrected chi connectivity index (χ2v) is 5.40. The number of nitrogens with zero attached hydrogens (tertiary/aromatic N) is 2. The molecular formula is C15H17N5O2. The molecule has 0 radical (unpaired) electrons. The largest absolute Gasteiger partial charge is 0.351 e.